The molecule has 0 aromatic carbocycles. The zero-order valence-corrected chi connectivity index (χ0v) is 13.2. The smallest absolute Gasteiger partial charge is 0.195 e. The van der Waals surface area contributed by atoms with Gasteiger partial charge in [0.05, 0.1) is 18.5 Å². The summed E-state index contributed by atoms with van der Waals surface area (Å²) in [6.45, 7) is 4.77. The van der Waals surface area contributed by atoms with E-state index in [9.17, 15) is 0 Å². The van der Waals surface area contributed by atoms with E-state index >= 15 is 0 Å². The first kappa shape index (κ1) is 14.2. The molecule has 3 aromatic rings. The number of rotatable bonds is 4. The lowest BCUT2D eigenvalue weighted by Gasteiger charge is -2.27. The monoisotopic (exact) mass is 309 g/mol. The summed E-state index contributed by atoms with van der Waals surface area (Å²) in [5.74, 6) is 3.46. The molecule has 4 rings (SSSR count). The molecule has 5 heteroatoms. The highest BCUT2D eigenvalue weighted by Crippen LogP contribution is 2.22. The Kier molecular flexibility index (Phi) is 3.71. The Morgan fingerprint density at radius 1 is 1.22 bits per heavy atom. The molecule has 0 aliphatic carbocycles. The Bertz CT molecular complexity index is 792. The lowest BCUT2D eigenvalue weighted by atomic mass is 10.1. The van der Waals surface area contributed by atoms with Crippen LogP contribution in [0.5, 0.6) is 0 Å². The lowest BCUT2D eigenvalue weighted by molar-refractivity contribution is 0.221. The Morgan fingerprint density at radius 3 is 2.91 bits per heavy atom. The Morgan fingerprint density at radius 2 is 2.13 bits per heavy atom. The predicted octanol–water partition coefficient (Wildman–Crippen LogP) is 3.45. The third kappa shape index (κ3) is 2.92. The number of aromatic nitrogens is 2. The fraction of sp³-hybridized carbons (Fsp3) is 0.333. The van der Waals surface area contributed by atoms with Crippen LogP contribution in [0.25, 0.3) is 11.6 Å². The van der Waals surface area contributed by atoms with Gasteiger partial charge in [0, 0.05) is 37.7 Å². The molecule has 3 aromatic heterocycles. The van der Waals surface area contributed by atoms with Crippen LogP contribution in [-0.4, -0.2) is 21.4 Å². The zero-order valence-electron chi connectivity index (χ0n) is 13.2. The molecule has 0 bridgehead atoms. The van der Waals surface area contributed by atoms with Gasteiger partial charge in [-0.3, -0.25) is 4.90 Å². The minimum atomic E-state index is 0.667. The van der Waals surface area contributed by atoms with Crippen molar-refractivity contribution < 1.29 is 8.83 Å². The molecule has 0 saturated carbocycles. The fourth-order valence-electron chi connectivity index (χ4n) is 2.95. The first-order chi connectivity index (χ1) is 11.3. The minimum absolute atomic E-state index is 0.667. The van der Waals surface area contributed by atoms with Gasteiger partial charge in [0.2, 0.25) is 0 Å². The van der Waals surface area contributed by atoms with Crippen LogP contribution >= 0.6 is 0 Å². The molecule has 0 atom stereocenters. The molecule has 0 fully saturated rings. The molecule has 1 aliphatic heterocycles. The van der Waals surface area contributed by atoms with Crippen LogP contribution in [-0.2, 0) is 25.9 Å². The van der Waals surface area contributed by atoms with Crippen LogP contribution in [0, 0.1) is 0 Å². The average molecular weight is 309 g/mol. The van der Waals surface area contributed by atoms with E-state index in [0.717, 1.165) is 55.5 Å². The summed E-state index contributed by atoms with van der Waals surface area (Å²) in [6, 6.07) is 7.88. The highest BCUT2D eigenvalue weighted by molar-refractivity contribution is 5.46. The van der Waals surface area contributed by atoms with E-state index in [0.29, 0.717) is 5.82 Å². The van der Waals surface area contributed by atoms with Crippen LogP contribution in [0.4, 0.5) is 0 Å². The molecule has 0 spiro atoms. The first-order valence-electron chi connectivity index (χ1n) is 8.00. The lowest BCUT2D eigenvalue weighted by Crippen LogP contribution is -2.30. The third-order valence-electron chi connectivity index (χ3n) is 4.20. The number of hydrogen-bond acceptors (Lipinski definition) is 5. The second kappa shape index (κ2) is 6.01. The van der Waals surface area contributed by atoms with Gasteiger partial charge in [-0.05, 0) is 24.3 Å². The maximum Gasteiger partial charge on any atom is 0.195 e. The number of nitrogens with zero attached hydrogens (tertiary/aromatic N) is 3. The molecule has 23 heavy (non-hydrogen) atoms. The summed E-state index contributed by atoms with van der Waals surface area (Å²) in [5.41, 5.74) is 2.31. The molecule has 5 nitrogen and oxygen atoms in total. The van der Waals surface area contributed by atoms with Crippen molar-refractivity contribution in [1.29, 1.82) is 0 Å². The van der Waals surface area contributed by atoms with Crippen molar-refractivity contribution in [2.45, 2.75) is 32.9 Å². The molecular formula is C18H19N3O2. The van der Waals surface area contributed by atoms with Crippen molar-refractivity contribution in [3.05, 3.63) is 59.5 Å². The molecule has 1 aliphatic rings. The summed E-state index contributed by atoms with van der Waals surface area (Å²) >= 11 is 0. The maximum absolute atomic E-state index is 5.81. The number of furan rings is 2. The second-order valence-corrected chi connectivity index (χ2v) is 5.83. The molecular weight excluding hydrogens is 290 g/mol. The van der Waals surface area contributed by atoms with E-state index in [-0.39, 0.29) is 0 Å². The van der Waals surface area contributed by atoms with E-state index in [2.05, 4.69) is 33.9 Å². The molecule has 118 valence electrons. The quantitative estimate of drug-likeness (QED) is 0.739. The van der Waals surface area contributed by atoms with Gasteiger partial charge in [0.25, 0.3) is 0 Å². The van der Waals surface area contributed by atoms with Crippen LogP contribution in [0.1, 0.15) is 29.7 Å². The van der Waals surface area contributed by atoms with Crippen molar-refractivity contribution >= 4 is 0 Å². The average Bonchev–Trinajstić information content (AvgIpc) is 3.26. The van der Waals surface area contributed by atoms with Crippen LogP contribution in [0.2, 0.25) is 0 Å². The van der Waals surface area contributed by atoms with E-state index in [1.807, 2.05) is 18.3 Å². The Hall–Kier alpha value is -2.40. The van der Waals surface area contributed by atoms with Crippen LogP contribution < -0.4 is 0 Å². The fourth-order valence-corrected chi connectivity index (χ4v) is 2.95. The largest absolute Gasteiger partial charge is 0.465 e. The van der Waals surface area contributed by atoms with Gasteiger partial charge < -0.3 is 8.83 Å². The summed E-state index contributed by atoms with van der Waals surface area (Å²) in [6.07, 6.45) is 5.43. The molecule has 0 unspecified atom stereocenters. The highest BCUT2D eigenvalue weighted by atomic mass is 16.3. The number of hydrogen-bond donors (Lipinski definition) is 0. The van der Waals surface area contributed by atoms with Gasteiger partial charge in [0.15, 0.2) is 11.6 Å². The van der Waals surface area contributed by atoms with E-state index in [1.165, 1.54) is 5.56 Å². The molecule has 0 saturated heterocycles. The zero-order chi connectivity index (χ0) is 15.6. The normalized spacial score (nSPS) is 14.8. The van der Waals surface area contributed by atoms with Crippen LogP contribution in [0.15, 0.2) is 45.6 Å². The van der Waals surface area contributed by atoms with E-state index < -0.39 is 0 Å². The van der Waals surface area contributed by atoms with Crippen molar-refractivity contribution in [2.75, 3.05) is 6.54 Å². The topological polar surface area (TPSA) is 55.3 Å². The van der Waals surface area contributed by atoms with E-state index in [4.69, 9.17) is 8.83 Å². The Labute approximate surface area is 135 Å². The van der Waals surface area contributed by atoms with Crippen LogP contribution in [0.3, 0.4) is 0 Å². The van der Waals surface area contributed by atoms with Gasteiger partial charge >= 0.3 is 0 Å². The van der Waals surface area contributed by atoms with Gasteiger partial charge in [-0.15, -0.1) is 0 Å². The van der Waals surface area contributed by atoms with Crippen molar-refractivity contribution in [3.63, 3.8) is 0 Å². The highest BCUT2D eigenvalue weighted by Gasteiger charge is 2.20. The van der Waals surface area contributed by atoms with Gasteiger partial charge in [0.1, 0.15) is 11.5 Å². The molecule has 0 N–H and O–H groups in total. The molecule has 0 radical (unpaired) electrons. The SMILES string of the molecule is CCc1ccc(CN2CCc3nc(-c4ccco4)ncc3C2)o1. The Balaban J connectivity index is 1.49. The van der Waals surface area contributed by atoms with Crippen molar-refractivity contribution in [3.8, 4) is 11.6 Å². The summed E-state index contributed by atoms with van der Waals surface area (Å²) in [7, 11) is 0. The third-order valence-corrected chi connectivity index (χ3v) is 4.20. The van der Waals surface area contributed by atoms with Crippen molar-refractivity contribution in [1.82, 2.24) is 14.9 Å². The summed E-state index contributed by atoms with van der Waals surface area (Å²) < 4.78 is 11.2. The minimum Gasteiger partial charge on any atom is -0.465 e. The second-order valence-electron chi connectivity index (χ2n) is 5.83. The van der Waals surface area contributed by atoms with Gasteiger partial charge in [-0.1, -0.05) is 6.92 Å². The standard InChI is InChI=1S/C18H19N3O2/c1-2-14-5-6-15(23-14)12-21-8-7-16-13(11-21)10-19-18(20-16)17-4-3-9-22-17/h3-6,9-10H,2,7-8,11-12H2,1H3. The predicted molar refractivity (Wildman–Crippen MR) is 85.6 cm³/mol. The van der Waals surface area contributed by atoms with Gasteiger partial charge in [-0.2, -0.15) is 0 Å². The van der Waals surface area contributed by atoms with Gasteiger partial charge in [-0.25, -0.2) is 9.97 Å². The maximum atomic E-state index is 5.81. The first-order valence-corrected chi connectivity index (χ1v) is 8.00. The van der Waals surface area contributed by atoms with Crippen molar-refractivity contribution in [2.24, 2.45) is 0 Å². The summed E-state index contributed by atoms with van der Waals surface area (Å²) in [4.78, 5) is 11.5. The number of aryl methyl sites for hydroxylation is 1. The number of fused-ring (bicyclic) bond motifs is 1. The molecule has 0 amide bonds. The molecule has 4 heterocycles. The summed E-state index contributed by atoms with van der Waals surface area (Å²) in [5, 5.41) is 0. The van der Waals surface area contributed by atoms with E-state index in [1.54, 1.807) is 6.26 Å².